The number of methoxy groups -OCH3 is 1. The Kier molecular flexibility index (Phi) is 3.36. The largest absolute Gasteiger partial charge is 0.504 e. The van der Waals surface area contributed by atoms with Gasteiger partial charge in [-0.05, 0) is 13.3 Å². The minimum absolute atomic E-state index is 0.0261. The summed E-state index contributed by atoms with van der Waals surface area (Å²) in [7, 11) is 1.28. The van der Waals surface area contributed by atoms with E-state index in [2.05, 4.69) is 0 Å². The average Bonchev–Trinajstić information content (AvgIpc) is 2.18. The van der Waals surface area contributed by atoms with E-state index in [1.807, 2.05) is 0 Å². The maximum Gasteiger partial charge on any atom is 0.172 e. The van der Waals surface area contributed by atoms with Crippen molar-refractivity contribution in [3.05, 3.63) is 17.4 Å². The molecule has 5 heteroatoms. The fourth-order valence-electron chi connectivity index (χ4n) is 1.32. The van der Waals surface area contributed by atoms with Crippen molar-refractivity contribution in [2.24, 2.45) is 5.73 Å². The molecule has 0 aliphatic carbocycles. The van der Waals surface area contributed by atoms with Crippen LogP contribution in [0.25, 0.3) is 0 Å². The first-order chi connectivity index (χ1) is 6.97. The molecule has 84 valence electrons. The van der Waals surface area contributed by atoms with Gasteiger partial charge in [-0.2, -0.15) is 0 Å². The summed E-state index contributed by atoms with van der Waals surface area (Å²) < 4.78 is 18.3. The van der Waals surface area contributed by atoms with Gasteiger partial charge in [0.25, 0.3) is 0 Å². The van der Waals surface area contributed by atoms with E-state index in [-0.39, 0.29) is 23.8 Å². The molecule has 1 aromatic rings. The van der Waals surface area contributed by atoms with Gasteiger partial charge in [0.1, 0.15) is 0 Å². The second-order valence-electron chi connectivity index (χ2n) is 3.42. The van der Waals surface area contributed by atoms with E-state index >= 15 is 0 Å². The number of rotatable bonds is 3. The van der Waals surface area contributed by atoms with E-state index in [9.17, 15) is 14.6 Å². The molecule has 0 heterocycles. The first-order valence-corrected chi connectivity index (χ1v) is 4.50. The summed E-state index contributed by atoms with van der Waals surface area (Å²) in [6.45, 7) is 1.68. The third kappa shape index (κ3) is 2.30. The summed E-state index contributed by atoms with van der Waals surface area (Å²) in [6.07, 6.45) is 0.127. The van der Waals surface area contributed by atoms with Crippen molar-refractivity contribution in [2.75, 3.05) is 7.11 Å². The van der Waals surface area contributed by atoms with Crippen molar-refractivity contribution in [1.82, 2.24) is 0 Å². The summed E-state index contributed by atoms with van der Waals surface area (Å²) >= 11 is 0. The number of nitrogens with two attached hydrogens (primary N) is 1. The maximum atomic E-state index is 13.6. The molecule has 0 aromatic heterocycles. The fourth-order valence-corrected chi connectivity index (χ4v) is 1.32. The van der Waals surface area contributed by atoms with E-state index in [1.165, 1.54) is 7.11 Å². The van der Waals surface area contributed by atoms with Crippen molar-refractivity contribution in [1.29, 1.82) is 0 Å². The van der Waals surface area contributed by atoms with Crippen LogP contribution in [-0.2, 0) is 6.42 Å². The van der Waals surface area contributed by atoms with Gasteiger partial charge in [-0.25, -0.2) is 4.39 Å². The Labute approximate surface area is 87.1 Å². The standard InChI is InChI=1S/C10H14FNO3/c1-5(12)3-6-9(11)8(15-2)4-7(13)10(6)14/h4-5,13-14H,3,12H2,1-2H3. The van der Waals surface area contributed by atoms with Crippen LogP contribution in [0.1, 0.15) is 12.5 Å². The Bertz CT molecular complexity index is 366. The van der Waals surface area contributed by atoms with Crippen molar-refractivity contribution in [2.45, 2.75) is 19.4 Å². The maximum absolute atomic E-state index is 13.6. The number of phenols is 2. The van der Waals surface area contributed by atoms with Gasteiger partial charge in [-0.15, -0.1) is 0 Å². The van der Waals surface area contributed by atoms with E-state index in [1.54, 1.807) is 6.92 Å². The second-order valence-corrected chi connectivity index (χ2v) is 3.42. The first-order valence-electron chi connectivity index (χ1n) is 4.50. The summed E-state index contributed by atoms with van der Waals surface area (Å²) in [5.41, 5.74) is 5.48. The number of ether oxygens (including phenoxy) is 1. The fraction of sp³-hybridized carbons (Fsp3) is 0.400. The second kappa shape index (κ2) is 4.35. The predicted octanol–water partition coefficient (Wildman–Crippen LogP) is 1.14. The van der Waals surface area contributed by atoms with Crippen LogP contribution >= 0.6 is 0 Å². The van der Waals surface area contributed by atoms with Crippen molar-refractivity contribution in [3.63, 3.8) is 0 Å². The Morgan fingerprint density at radius 3 is 2.60 bits per heavy atom. The Morgan fingerprint density at radius 1 is 1.53 bits per heavy atom. The van der Waals surface area contributed by atoms with Crippen molar-refractivity contribution >= 4 is 0 Å². The van der Waals surface area contributed by atoms with Crippen LogP contribution in [0.5, 0.6) is 17.2 Å². The molecule has 0 amide bonds. The molecule has 4 nitrogen and oxygen atoms in total. The highest BCUT2D eigenvalue weighted by molar-refractivity contribution is 5.51. The molecule has 1 unspecified atom stereocenters. The van der Waals surface area contributed by atoms with Gasteiger partial charge in [0.2, 0.25) is 0 Å². The number of hydrogen-bond donors (Lipinski definition) is 3. The lowest BCUT2D eigenvalue weighted by Gasteiger charge is -2.12. The Morgan fingerprint density at radius 2 is 2.13 bits per heavy atom. The molecular formula is C10H14FNO3. The van der Waals surface area contributed by atoms with Crippen LogP contribution in [0, 0.1) is 5.82 Å². The first kappa shape index (κ1) is 11.6. The number of halogens is 1. The quantitative estimate of drug-likeness (QED) is 0.661. The highest BCUT2D eigenvalue weighted by Gasteiger charge is 2.18. The number of benzene rings is 1. The van der Waals surface area contributed by atoms with Gasteiger partial charge in [-0.3, -0.25) is 0 Å². The topological polar surface area (TPSA) is 75.7 Å². The van der Waals surface area contributed by atoms with Crippen LogP contribution < -0.4 is 10.5 Å². The zero-order valence-corrected chi connectivity index (χ0v) is 8.62. The van der Waals surface area contributed by atoms with Crippen LogP contribution in [0.2, 0.25) is 0 Å². The van der Waals surface area contributed by atoms with Crippen LogP contribution in [0.3, 0.4) is 0 Å². The Balaban J connectivity index is 3.27. The molecule has 1 rings (SSSR count). The van der Waals surface area contributed by atoms with Gasteiger partial charge in [0.05, 0.1) is 7.11 Å². The minimum atomic E-state index is -0.690. The SMILES string of the molecule is COc1cc(O)c(O)c(CC(C)N)c1F. The number of phenolic OH excluding ortho intramolecular Hbond substituents is 2. The lowest BCUT2D eigenvalue weighted by Crippen LogP contribution is -2.18. The number of hydrogen-bond acceptors (Lipinski definition) is 4. The summed E-state index contributed by atoms with van der Waals surface area (Å²) in [6, 6.07) is 0.701. The lowest BCUT2D eigenvalue weighted by atomic mass is 10.0. The molecule has 15 heavy (non-hydrogen) atoms. The third-order valence-electron chi connectivity index (χ3n) is 2.02. The molecule has 0 aliphatic rings. The molecule has 0 aliphatic heterocycles. The average molecular weight is 215 g/mol. The minimum Gasteiger partial charge on any atom is -0.504 e. The molecule has 0 radical (unpaired) electrons. The van der Waals surface area contributed by atoms with Crippen molar-refractivity contribution < 1.29 is 19.3 Å². The van der Waals surface area contributed by atoms with Gasteiger partial charge in [0.15, 0.2) is 23.1 Å². The van der Waals surface area contributed by atoms with E-state index in [0.717, 1.165) is 6.07 Å². The summed E-state index contributed by atoms with van der Waals surface area (Å²) in [4.78, 5) is 0. The van der Waals surface area contributed by atoms with E-state index in [0.29, 0.717) is 0 Å². The van der Waals surface area contributed by atoms with Gasteiger partial charge in [0, 0.05) is 17.7 Å². The van der Waals surface area contributed by atoms with E-state index in [4.69, 9.17) is 10.5 Å². The monoisotopic (exact) mass is 215 g/mol. The molecule has 0 saturated carbocycles. The third-order valence-corrected chi connectivity index (χ3v) is 2.02. The highest BCUT2D eigenvalue weighted by atomic mass is 19.1. The van der Waals surface area contributed by atoms with Gasteiger partial charge in [-0.1, -0.05) is 0 Å². The normalized spacial score (nSPS) is 12.5. The molecule has 1 atom stereocenters. The highest BCUT2D eigenvalue weighted by Crippen LogP contribution is 2.37. The molecule has 4 N–H and O–H groups in total. The predicted molar refractivity (Wildman–Crippen MR) is 53.6 cm³/mol. The summed E-state index contributed by atoms with van der Waals surface area (Å²) in [5, 5.41) is 18.8. The zero-order chi connectivity index (χ0) is 11.6. The number of aromatic hydroxyl groups is 2. The van der Waals surface area contributed by atoms with Gasteiger partial charge >= 0.3 is 0 Å². The molecule has 1 aromatic carbocycles. The molecular weight excluding hydrogens is 201 g/mol. The van der Waals surface area contributed by atoms with E-state index < -0.39 is 17.3 Å². The smallest absolute Gasteiger partial charge is 0.172 e. The molecule has 0 bridgehead atoms. The molecule has 0 spiro atoms. The van der Waals surface area contributed by atoms with Gasteiger partial charge < -0.3 is 20.7 Å². The zero-order valence-electron chi connectivity index (χ0n) is 8.62. The van der Waals surface area contributed by atoms with Crippen molar-refractivity contribution in [3.8, 4) is 17.2 Å². The molecule has 0 fully saturated rings. The Hall–Kier alpha value is -1.49. The lowest BCUT2D eigenvalue weighted by molar-refractivity contribution is 0.358. The van der Waals surface area contributed by atoms with Crippen LogP contribution in [-0.4, -0.2) is 23.4 Å². The molecule has 0 saturated heterocycles. The van der Waals surface area contributed by atoms with Crippen LogP contribution in [0.4, 0.5) is 4.39 Å². The van der Waals surface area contributed by atoms with Crippen LogP contribution in [0.15, 0.2) is 6.07 Å². The summed E-state index contributed by atoms with van der Waals surface area (Å²) in [5.74, 6) is -1.69.